The van der Waals surface area contributed by atoms with Crippen LogP contribution in [0.2, 0.25) is 0 Å². The molecule has 332 valence electrons. The van der Waals surface area contributed by atoms with E-state index in [9.17, 15) is 27.7 Å². The van der Waals surface area contributed by atoms with Crippen molar-refractivity contribution in [3.63, 3.8) is 0 Å². The van der Waals surface area contributed by atoms with Crippen molar-refractivity contribution in [1.29, 1.82) is 0 Å². The molecule has 16 heteroatoms. The summed E-state index contributed by atoms with van der Waals surface area (Å²) in [5.74, 6) is -0.748. The molecule has 0 saturated carbocycles. The summed E-state index contributed by atoms with van der Waals surface area (Å²) < 4.78 is 44.5. The lowest BCUT2D eigenvalue weighted by molar-refractivity contribution is -0.438. The van der Waals surface area contributed by atoms with Gasteiger partial charge in [0.05, 0.1) is 11.2 Å². The van der Waals surface area contributed by atoms with Crippen molar-refractivity contribution in [2.45, 2.75) is 109 Å². The fourth-order valence-corrected chi connectivity index (χ4v) is 10.4. The molecular formula is C45H60N3O10S3+. The Balaban J connectivity index is 1.53. The van der Waals surface area contributed by atoms with Gasteiger partial charge < -0.3 is 20.1 Å². The number of carbonyl (C=O) groups excluding carboxylic acids is 1. The molecule has 4 N–H and O–H groups in total. The Morgan fingerprint density at radius 1 is 0.951 bits per heavy atom. The Hall–Kier alpha value is -3.90. The summed E-state index contributed by atoms with van der Waals surface area (Å²) in [6.07, 6.45) is 11.8. The van der Waals surface area contributed by atoms with Crippen molar-refractivity contribution in [2.24, 2.45) is 0 Å². The van der Waals surface area contributed by atoms with Crippen molar-refractivity contribution in [3.8, 4) is 0 Å². The molecule has 0 bridgehead atoms. The van der Waals surface area contributed by atoms with Gasteiger partial charge in [-0.3, -0.25) is 4.55 Å². The average Bonchev–Trinajstić information content (AvgIpc) is 3.74. The van der Waals surface area contributed by atoms with Crippen LogP contribution in [-0.2, 0) is 39.9 Å². The Bertz CT molecular complexity index is 2200. The molecule has 0 fully saturated rings. The fourth-order valence-electron chi connectivity index (χ4n) is 8.16. The number of rotatable bonds is 20. The predicted octanol–water partition coefficient (Wildman–Crippen LogP) is 9.50. The van der Waals surface area contributed by atoms with Crippen LogP contribution in [-0.4, -0.2) is 87.7 Å². The first kappa shape index (κ1) is 48.1. The van der Waals surface area contributed by atoms with Crippen LogP contribution in [0.3, 0.4) is 0 Å². The molecule has 13 nitrogen and oxygen atoms in total. The van der Waals surface area contributed by atoms with Gasteiger partial charge in [0.15, 0.2) is 5.71 Å². The van der Waals surface area contributed by atoms with E-state index in [0.717, 1.165) is 82.2 Å². The van der Waals surface area contributed by atoms with Gasteiger partial charge in [-0.1, -0.05) is 67.4 Å². The van der Waals surface area contributed by atoms with Crippen LogP contribution in [0.25, 0.3) is 0 Å². The summed E-state index contributed by atoms with van der Waals surface area (Å²) in [4.78, 5) is 28.5. The Morgan fingerprint density at radius 2 is 1.66 bits per heavy atom. The van der Waals surface area contributed by atoms with E-state index in [1.54, 1.807) is 20.8 Å². The molecule has 1 aliphatic carbocycles. The number of nitrogens with zero attached hydrogens (tertiary/aromatic N) is 2. The lowest BCUT2D eigenvalue weighted by atomic mass is 9.81. The van der Waals surface area contributed by atoms with E-state index in [-0.39, 0.29) is 22.3 Å². The molecule has 3 aliphatic rings. The number of para-hydroxylation sites is 2. The number of carbonyl (C=O) groups is 2. The van der Waals surface area contributed by atoms with Gasteiger partial charge in [0.1, 0.15) is 18.2 Å². The molecule has 0 spiro atoms. The summed E-state index contributed by atoms with van der Waals surface area (Å²) in [6, 6.07) is 15.4. The number of alkyl carbamates (subject to hydrolysis) is 1. The van der Waals surface area contributed by atoms with Crippen molar-refractivity contribution < 1.29 is 51.6 Å². The van der Waals surface area contributed by atoms with Crippen molar-refractivity contribution in [2.75, 3.05) is 35.2 Å². The maximum absolute atomic E-state index is 12.7. The third kappa shape index (κ3) is 12.4. The van der Waals surface area contributed by atoms with Gasteiger partial charge >= 0.3 is 12.1 Å². The monoisotopic (exact) mass is 898 g/mol. The van der Waals surface area contributed by atoms with Gasteiger partial charge in [0.25, 0.3) is 10.1 Å². The number of carboxylic acid groups (broad SMARTS) is 1. The summed E-state index contributed by atoms with van der Waals surface area (Å²) in [7, 11) is -4.07. The highest BCUT2D eigenvalue weighted by atomic mass is 32.2. The van der Waals surface area contributed by atoms with Gasteiger partial charge in [-0.2, -0.15) is 13.0 Å². The molecule has 61 heavy (non-hydrogen) atoms. The quantitative estimate of drug-likeness (QED) is 0.0247. The van der Waals surface area contributed by atoms with E-state index in [1.807, 2.05) is 18.2 Å². The third-order valence-electron chi connectivity index (χ3n) is 11.1. The zero-order chi connectivity index (χ0) is 44.6. The highest BCUT2D eigenvalue weighted by Crippen LogP contribution is 2.48. The second-order valence-electron chi connectivity index (χ2n) is 17.4. The molecule has 2 heterocycles. The van der Waals surface area contributed by atoms with E-state index < -0.39 is 33.8 Å². The molecule has 1 atom stereocenters. The Kier molecular flexibility index (Phi) is 16.2. The van der Waals surface area contributed by atoms with Crippen LogP contribution in [0.4, 0.5) is 16.2 Å². The minimum Gasteiger partial charge on any atom is -0.480 e. The van der Waals surface area contributed by atoms with Gasteiger partial charge in [-0.15, -0.1) is 16.1 Å². The standard InChI is InChI=1S/C45H59N3O10S3/c1-43(2,3)56-42(51)46-35(41(49)50)30-59-40-31(22-24-38-44(4,5)33-16-8-10-18-36(33)47(38)26-12-14-28-60-58-57-52)20-21-32(40)23-25-39-45(6,7)34-17-9-11-19-37(34)48(39)27-13-15-29-61(53,54)55/h8-11,16-19,22-25,35H,12-15,20-21,26-30H2,1-7H3,(H3-,46,49,50,51,52,53,54,55)/p+1. The molecular weight excluding hydrogens is 839 g/mol. The summed E-state index contributed by atoms with van der Waals surface area (Å²) >= 11 is 2.45. The Morgan fingerprint density at radius 3 is 2.34 bits per heavy atom. The molecule has 2 aromatic carbocycles. The molecule has 2 aliphatic heterocycles. The van der Waals surface area contributed by atoms with Crippen LogP contribution in [0.15, 0.2) is 94.6 Å². The van der Waals surface area contributed by atoms with Crippen molar-refractivity contribution in [3.05, 3.63) is 106 Å². The van der Waals surface area contributed by atoms with E-state index in [4.69, 9.17) is 9.99 Å². The highest BCUT2D eigenvalue weighted by molar-refractivity contribution is 8.03. The number of hydrogen-bond donors (Lipinski definition) is 4. The minimum absolute atomic E-state index is 0.0642. The van der Waals surface area contributed by atoms with Gasteiger partial charge in [0, 0.05) is 75.9 Å². The van der Waals surface area contributed by atoms with E-state index in [1.165, 1.54) is 17.3 Å². The van der Waals surface area contributed by atoms with Gasteiger partial charge in [0.2, 0.25) is 5.69 Å². The van der Waals surface area contributed by atoms with Gasteiger partial charge in [-0.25, -0.2) is 14.8 Å². The molecule has 1 unspecified atom stereocenters. The molecule has 5 rings (SSSR count). The SMILES string of the molecule is CC(C)(C)OC(=O)NC(CSC1=C(C=CC2=[N+](CCCCS(=O)(=O)O)c3ccccc3C2(C)C)CCC1=CC=C1N(CCCCSOOO)c2ccccc2C1(C)C)C(=O)O. The number of thioether (sulfide) groups is 1. The molecule has 0 aromatic heterocycles. The number of fused-ring (bicyclic) bond motifs is 2. The first-order chi connectivity index (χ1) is 28.7. The van der Waals surface area contributed by atoms with Crippen LogP contribution >= 0.6 is 23.8 Å². The first-order valence-electron chi connectivity index (χ1n) is 20.6. The fraction of sp³-hybridized carbons (Fsp3) is 0.489. The van der Waals surface area contributed by atoms with Crippen LogP contribution in [0.5, 0.6) is 0 Å². The number of amides is 1. The topological polar surface area (TPSA) is 175 Å². The number of hydrogen-bond acceptors (Lipinski definition) is 11. The lowest BCUT2D eigenvalue weighted by Crippen LogP contribution is -2.44. The zero-order valence-corrected chi connectivity index (χ0v) is 38.6. The molecule has 0 saturated heterocycles. The van der Waals surface area contributed by atoms with Crippen LogP contribution < -0.4 is 10.2 Å². The second kappa shape index (κ2) is 20.5. The third-order valence-corrected chi connectivity index (χ3v) is 13.8. The second-order valence-corrected chi connectivity index (χ2v) is 20.8. The Labute approximate surface area is 368 Å². The molecule has 1 amide bonds. The summed E-state index contributed by atoms with van der Waals surface area (Å²) in [5.41, 5.74) is 7.39. The van der Waals surface area contributed by atoms with Gasteiger partial charge in [-0.05, 0) is 95.6 Å². The maximum Gasteiger partial charge on any atom is 0.408 e. The number of nitrogens with one attached hydrogen (secondary N) is 1. The lowest BCUT2D eigenvalue weighted by Gasteiger charge is -2.27. The van der Waals surface area contributed by atoms with Crippen LogP contribution in [0, 0.1) is 0 Å². The van der Waals surface area contributed by atoms with E-state index >= 15 is 0 Å². The molecule has 0 radical (unpaired) electrons. The number of benzene rings is 2. The van der Waals surface area contributed by atoms with Crippen LogP contribution in [0.1, 0.15) is 98.1 Å². The predicted molar refractivity (Wildman–Crippen MR) is 243 cm³/mol. The van der Waals surface area contributed by atoms with E-state index in [0.29, 0.717) is 31.6 Å². The average molecular weight is 899 g/mol. The number of aliphatic carboxylic acids is 1. The number of ether oxygens (including phenoxy) is 1. The maximum atomic E-state index is 12.7. The van der Waals surface area contributed by atoms with Crippen molar-refractivity contribution in [1.82, 2.24) is 5.32 Å². The summed E-state index contributed by atoms with van der Waals surface area (Å²) in [6.45, 7) is 15.3. The zero-order valence-electron chi connectivity index (χ0n) is 36.1. The normalized spacial score (nSPS) is 19.0. The van der Waals surface area contributed by atoms with E-state index in [2.05, 4.69) is 106 Å². The first-order valence-corrected chi connectivity index (χ1v) is 24.1. The smallest absolute Gasteiger partial charge is 0.408 e. The number of carboxylic acids is 1. The summed E-state index contributed by atoms with van der Waals surface area (Å²) in [5, 5.41) is 25.0. The molecule has 2 aromatic rings. The van der Waals surface area contributed by atoms with Crippen molar-refractivity contribution >= 4 is 63.1 Å². The number of allylic oxidation sites excluding steroid dienone is 7. The largest absolute Gasteiger partial charge is 0.480 e. The number of unbranched alkanes of at least 4 members (excludes halogenated alkanes) is 2. The minimum atomic E-state index is -4.07. The highest BCUT2D eigenvalue weighted by Gasteiger charge is 2.44. The number of anilines is 1.